The summed E-state index contributed by atoms with van der Waals surface area (Å²) in [5, 5.41) is 0.533. The van der Waals surface area contributed by atoms with Crippen LogP contribution in [0.1, 0.15) is 39.5 Å². The van der Waals surface area contributed by atoms with Crippen LogP contribution in [0.25, 0.3) is 0 Å². The van der Waals surface area contributed by atoms with E-state index in [-0.39, 0.29) is 11.1 Å². The van der Waals surface area contributed by atoms with Gasteiger partial charge in [-0.15, -0.1) is 0 Å². The fourth-order valence-electron chi connectivity index (χ4n) is 3.02. The Labute approximate surface area is 124 Å². The van der Waals surface area contributed by atoms with E-state index in [1.807, 2.05) is 0 Å². The molecule has 2 N–H and O–H groups in total. The van der Waals surface area contributed by atoms with E-state index in [0.29, 0.717) is 16.9 Å². The summed E-state index contributed by atoms with van der Waals surface area (Å²) >= 11 is 1.24. The summed E-state index contributed by atoms with van der Waals surface area (Å²) in [6.45, 7) is 5.27. The van der Waals surface area contributed by atoms with E-state index in [4.69, 9.17) is 5.73 Å². The molecule has 20 heavy (non-hydrogen) atoms. The molecule has 5 nitrogen and oxygen atoms in total. The van der Waals surface area contributed by atoms with Crippen molar-refractivity contribution < 1.29 is 8.42 Å². The molecule has 1 aromatic rings. The fourth-order valence-corrected chi connectivity index (χ4v) is 6.12. The first-order chi connectivity index (χ1) is 9.43. The molecule has 1 atom stereocenters. The molecule has 0 spiro atoms. The average molecular weight is 315 g/mol. The molecule has 0 aromatic carbocycles. The normalized spacial score (nSPS) is 23.8. The molecule has 1 saturated carbocycles. The molecule has 1 aliphatic heterocycles. The van der Waals surface area contributed by atoms with Crippen LogP contribution in [-0.2, 0) is 9.84 Å². The maximum Gasteiger partial charge on any atom is 0.187 e. The SMILES string of the molecule is CC(C)C1CCCN1c1snc(N)c1S(=O)(=O)C1CC1. The van der Waals surface area contributed by atoms with E-state index in [1.165, 1.54) is 11.5 Å². The topological polar surface area (TPSA) is 76.3 Å². The zero-order valence-electron chi connectivity index (χ0n) is 11.9. The van der Waals surface area contributed by atoms with Crippen LogP contribution >= 0.6 is 11.5 Å². The molecule has 1 aliphatic carbocycles. The molecule has 0 radical (unpaired) electrons. The number of nitrogens with two attached hydrogens (primary N) is 1. The Hall–Kier alpha value is -0.820. The van der Waals surface area contributed by atoms with E-state index in [1.54, 1.807) is 0 Å². The predicted octanol–water partition coefficient (Wildman–Crippen LogP) is 2.29. The molecule has 2 aliphatic rings. The van der Waals surface area contributed by atoms with Crippen LogP contribution in [0, 0.1) is 5.92 Å². The molecular weight excluding hydrogens is 294 g/mol. The monoisotopic (exact) mass is 315 g/mol. The Morgan fingerprint density at radius 1 is 1.35 bits per heavy atom. The van der Waals surface area contributed by atoms with Gasteiger partial charge in [-0.1, -0.05) is 13.8 Å². The molecule has 112 valence electrons. The predicted molar refractivity (Wildman–Crippen MR) is 81.9 cm³/mol. The lowest BCUT2D eigenvalue weighted by molar-refractivity contribution is 0.492. The van der Waals surface area contributed by atoms with Crippen LogP contribution in [0.15, 0.2) is 4.90 Å². The van der Waals surface area contributed by atoms with Gasteiger partial charge in [-0.05, 0) is 43.1 Å². The first-order valence-electron chi connectivity index (χ1n) is 7.18. The Kier molecular flexibility index (Phi) is 3.44. The van der Waals surface area contributed by atoms with E-state index in [9.17, 15) is 8.42 Å². The second kappa shape index (κ2) is 4.87. The highest BCUT2D eigenvalue weighted by Gasteiger charge is 2.43. The van der Waals surface area contributed by atoms with Crippen molar-refractivity contribution in [3.8, 4) is 0 Å². The molecule has 2 heterocycles. The summed E-state index contributed by atoms with van der Waals surface area (Å²) in [6, 6.07) is 0.392. The van der Waals surface area contributed by atoms with Crippen LogP contribution < -0.4 is 10.6 Å². The maximum absolute atomic E-state index is 12.6. The van der Waals surface area contributed by atoms with Crippen molar-refractivity contribution in [2.75, 3.05) is 17.2 Å². The number of aromatic nitrogens is 1. The molecule has 7 heteroatoms. The summed E-state index contributed by atoms with van der Waals surface area (Å²) in [5.41, 5.74) is 5.88. The molecule has 2 fully saturated rings. The molecule has 0 amide bonds. The Bertz CT molecular complexity index is 605. The third-order valence-electron chi connectivity index (χ3n) is 4.23. The quantitative estimate of drug-likeness (QED) is 0.922. The van der Waals surface area contributed by atoms with Gasteiger partial charge in [0, 0.05) is 12.6 Å². The van der Waals surface area contributed by atoms with Crippen molar-refractivity contribution in [3.63, 3.8) is 0 Å². The van der Waals surface area contributed by atoms with Gasteiger partial charge >= 0.3 is 0 Å². The third kappa shape index (κ3) is 2.20. The largest absolute Gasteiger partial charge is 0.382 e. The van der Waals surface area contributed by atoms with E-state index >= 15 is 0 Å². The van der Waals surface area contributed by atoms with Gasteiger partial charge in [0.25, 0.3) is 0 Å². The van der Waals surface area contributed by atoms with Gasteiger partial charge in [-0.25, -0.2) is 8.42 Å². The van der Waals surface area contributed by atoms with Gasteiger partial charge < -0.3 is 10.6 Å². The molecule has 0 bridgehead atoms. The highest BCUT2D eigenvalue weighted by molar-refractivity contribution is 7.92. The number of rotatable bonds is 4. The zero-order chi connectivity index (χ0) is 14.5. The van der Waals surface area contributed by atoms with Crippen molar-refractivity contribution >= 4 is 32.2 Å². The summed E-state index contributed by atoms with van der Waals surface area (Å²) < 4.78 is 29.3. The smallest absolute Gasteiger partial charge is 0.187 e. The third-order valence-corrected chi connectivity index (χ3v) is 7.58. The number of nitrogens with zero attached hydrogens (tertiary/aromatic N) is 2. The lowest BCUT2D eigenvalue weighted by Crippen LogP contribution is -2.33. The van der Waals surface area contributed by atoms with Gasteiger partial charge in [-0.2, -0.15) is 4.37 Å². The Morgan fingerprint density at radius 2 is 2.05 bits per heavy atom. The van der Waals surface area contributed by atoms with Crippen molar-refractivity contribution in [3.05, 3.63) is 0 Å². The van der Waals surface area contributed by atoms with Crippen molar-refractivity contribution in [1.82, 2.24) is 4.37 Å². The number of sulfone groups is 1. The number of nitrogen functional groups attached to an aromatic ring is 1. The summed E-state index contributed by atoms with van der Waals surface area (Å²) in [6.07, 6.45) is 3.72. The molecular formula is C13H21N3O2S2. The first kappa shape index (κ1) is 14.1. The summed E-state index contributed by atoms with van der Waals surface area (Å²) in [5.74, 6) is 0.684. The van der Waals surface area contributed by atoms with Gasteiger partial charge in [0.15, 0.2) is 15.7 Å². The number of hydrogen-bond acceptors (Lipinski definition) is 6. The number of anilines is 2. The number of hydrogen-bond donors (Lipinski definition) is 1. The van der Waals surface area contributed by atoms with Crippen molar-refractivity contribution in [2.24, 2.45) is 5.92 Å². The summed E-state index contributed by atoms with van der Waals surface area (Å²) in [4.78, 5) is 2.52. The minimum Gasteiger partial charge on any atom is -0.382 e. The van der Waals surface area contributed by atoms with Crippen molar-refractivity contribution in [2.45, 2.75) is 55.7 Å². The van der Waals surface area contributed by atoms with E-state index in [2.05, 4.69) is 23.1 Å². The van der Waals surface area contributed by atoms with E-state index in [0.717, 1.165) is 37.2 Å². The molecule has 1 aromatic heterocycles. The molecule has 1 unspecified atom stereocenters. The minimum absolute atomic E-state index is 0.186. The van der Waals surface area contributed by atoms with Gasteiger partial charge in [0.05, 0.1) is 5.25 Å². The Balaban J connectivity index is 2.03. The Morgan fingerprint density at radius 3 is 2.65 bits per heavy atom. The van der Waals surface area contributed by atoms with Crippen LogP contribution in [0.3, 0.4) is 0 Å². The maximum atomic E-state index is 12.6. The second-order valence-corrected chi connectivity index (χ2v) is 9.01. The average Bonchev–Trinajstić information content (AvgIpc) is 2.99. The van der Waals surface area contributed by atoms with Crippen molar-refractivity contribution in [1.29, 1.82) is 0 Å². The van der Waals surface area contributed by atoms with Gasteiger partial charge in [0.1, 0.15) is 9.90 Å². The summed E-state index contributed by atoms with van der Waals surface area (Å²) in [7, 11) is -3.29. The molecule has 1 saturated heterocycles. The lowest BCUT2D eigenvalue weighted by atomic mass is 10.0. The standard InChI is InChI=1S/C13H21N3O2S2/c1-8(2)10-4-3-7-16(10)13-11(12(14)15-19-13)20(17,18)9-5-6-9/h8-10H,3-7H2,1-2H3,(H2,14,15). The van der Waals surface area contributed by atoms with Gasteiger partial charge in [0.2, 0.25) is 0 Å². The van der Waals surface area contributed by atoms with Crippen LogP contribution in [0.5, 0.6) is 0 Å². The fraction of sp³-hybridized carbons (Fsp3) is 0.769. The second-order valence-electron chi connectivity index (χ2n) is 6.09. The van der Waals surface area contributed by atoms with E-state index < -0.39 is 9.84 Å². The first-order valence-corrected chi connectivity index (χ1v) is 9.50. The van der Waals surface area contributed by atoms with Gasteiger partial charge in [-0.3, -0.25) is 0 Å². The zero-order valence-corrected chi connectivity index (χ0v) is 13.5. The highest BCUT2D eigenvalue weighted by Crippen LogP contribution is 2.44. The lowest BCUT2D eigenvalue weighted by Gasteiger charge is -2.28. The highest BCUT2D eigenvalue weighted by atomic mass is 32.2. The minimum atomic E-state index is -3.29. The van der Waals surface area contributed by atoms with Crippen LogP contribution in [-0.4, -0.2) is 30.6 Å². The molecule has 3 rings (SSSR count). The van der Waals surface area contributed by atoms with Crippen LogP contribution in [0.4, 0.5) is 10.8 Å². The van der Waals surface area contributed by atoms with Crippen LogP contribution in [0.2, 0.25) is 0 Å².